The van der Waals surface area contributed by atoms with E-state index in [1.165, 1.54) is 12.8 Å². The summed E-state index contributed by atoms with van der Waals surface area (Å²) in [6, 6.07) is 7.00. The van der Waals surface area contributed by atoms with Crippen molar-refractivity contribution < 1.29 is 9.90 Å². The van der Waals surface area contributed by atoms with Gasteiger partial charge in [0.15, 0.2) is 0 Å². The molecular weight excluding hydrogens is 278 g/mol. The molecule has 1 unspecified atom stereocenters. The average molecular weight is 299 g/mol. The Labute approximate surface area is 130 Å². The fraction of sp³-hybridized carbons (Fsp3) is 0.412. The van der Waals surface area contributed by atoms with Crippen LogP contribution in [0.3, 0.4) is 0 Å². The summed E-state index contributed by atoms with van der Waals surface area (Å²) in [6.07, 6.45) is 6.17. The van der Waals surface area contributed by atoms with E-state index in [9.17, 15) is 9.90 Å². The molecule has 1 N–H and O–H groups in total. The van der Waals surface area contributed by atoms with E-state index in [4.69, 9.17) is 0 Å². The number of likely N-dealkylation sites (tertiary alicyclic amines) is 1. The number of hydrogen-bond acceptors (Lipinski definition) is 3. The van der Waals surface area contributed by atoms with Gasteiger partial charge in [0.1, 0.15) is 0 Å². The lowest BCUT2D eigenvalue weighted by molar-refractivity contribution is 0.0697. The van der Waals surface area contributed by atoms with Crippen LogP contribution in [0.2, 0.25) is 0 Å². The second-order valence-electron chi connectivity index (χ2n) is 6.08. The Hall–Kier alpha value is -2.14. The summed E-state index contributed by atoms with van der Waals surface area (Å²) < 4.78 is 1.80. The van der Waals surface area contributed by atoms with Gasteiger partial charge in [0.25, 0.3) is 0 Å². The van der Waals surface area contributed by atoms with Crippen LogP contribution >= 0.6 is 0 Å². The maximum absolute atomic E-state index is 11.3. The molecule has 0 amide bonds. The fourth-order valence-electron chi connectivity index (χ4n) is 3.12. The van der Waals surface area contributed by atoms with Gasteiger partial charge < -0.3 is 9.67 Å². The second kappa shape index (κ2) is 6.32. The van der Waals surface area contributed by atoms with Gasteiger partial charge in [0, 0.05) is 19.3 Å². The van der Waals surface area contributed by atoms with E-state index < -0.39 is 5.97 Å². The maximum Gasteiger partial charge on any atom is 0.337 e. The van der Waals surface area contributed by atoms with Crippen LogP contribution in [0.4, 0.5) is 0 Å². The molecule has 0 saturated carbocycles. The molecule has 1 atom stereocenters. The summed E-state index contributed by atoms with van der Waals surface area (Å²) in [6.45, 7) is 5.34. The molecule has 0 bridgehead atoms. The average Bonchev–Trinajstić information content (AvgIpc) is 2.95. The van der Waals surface area contributed by atoms with Crippen molar-refractivity contribution in [1.82, 2.24) is 14.5 Å². The van der Waals surface area contributed by atoms with Crippen LogP contribution in [-0.4, -0.2) is 38.6 Å². The van der Waals surface area contributed by atoms with E-state index in [1.807, 2.05) is 12.3 Å². The largest absolute Gasteiger partial charge is 0.478 e. The van der Waals surface area contributed by atoms with E-state index in [0.29, 0.717) is 5.69 Å². The number of rotatable bonds is 4. The molecule has 1 aliphatic heterocycles. The van der Waals surface area contributed by atoms with Crippen molar-refractivity contribution in [3.63, 3.8) is 0 Å². The molecular formula is C17H21N3O2. The van der Waals surface area contributed by atoms with Crippen LogP contribution in [0, 0.1) is 5.92 Å². The number of carboxylic acid groups (broad SMARTS) is 1. The minimum Gasteiger partial charge on any atom is -0.478 e. The van der Waals surface area contributed by atoms with Gasteiger partial charge in [-0.05, 0) is 37.4 Å². The quantitative estimate of drug-likeness (QED) is 0.943. The molecule has 3 rings (SSSR count). The molecule has 0 radical (unpaired) electrons. The van der Waals surface area contributed by atoms with E-state index in [2.05, 4.69) is 16.8 Å². The number of imidazole rings is 1. The highest BCUT2D eigenvalue weighted by molar-refractivity contribution is 5.91. The van der Waals surface area contributed by atoms with Gasteiger partial charge in [-0.1, -0.05) is 19.1 Å². The first-order valence-electron chi connectivity index (χ1n) is 7.71. The Bertz CT molecular complexity index is 665. The first kappa shape index (κ1) is 14.8. The number of para-hydroxylation sites is 1. The Kier molecular flexibility index (Phi) is 4.24. The van der Waals surface area contributed by atoms with E-state index in [0.717, 1.165) is 31.2 Å². The van der Waals surface area contributed by atoms with Crippen molar-refractivity contribution in [2.24, 2.45) is 5.92 Å². The summed E-state index contributed by atoms with van der Waals surface area (Å²) in [4.78, 5) is 18.2. The molecule has 22 heavy (non-hydrogen) atoms. The predicted octanol–water partition coefficient (Wildman–Crippen LogP) is 2.80. The van der Waals surface area contributed by atoms with Crippen LogP contribution in [0.25, 0.3) is 5.69 Å². The Morgan fingerprint density at radius 3 is 3.00 bits per heavy atom. The van der Waals surface area contributed by atoms with Crippen LogP contribution < -0.4 is 0 Å². The molecule has 0 spiro atoms. The number of aromatic nitrogens is 2. The third-order valence-corrected chi connectivity index (χ3v) is 4.18. The van der Waals surface area contributed by atoms with Crippen molar-refractivity contribution in [3.8, 4) is 5.69 Å². The number of aromatic carboxylic acids is 1. The number of hydrogen-bond donors (Lipinski definition) is 1. The summed E-state index contributed by atoms with van der Waals surface area (Å²) in [5, 5.41) is 9.28. The third kappa shape index (κ3) is 3.20. The molecule has 116 valence electrons. The molecule has 0 aliphatic carbocycles. The lowest BCUT2D eigenvalue weighted by Gasteiger charge is -2.30. The second-order valence-corrected chi connectivity index (χ2v) is 6.08. The highest BCUT2D eigenvalue weighted by Gasteiger charge is 2.17. The molecule has 1 aromatic carbocycles. The minimum atomic E-state index is -0.921. The predicted molar refractivity (Wildman–Crippen MR) is 84.2 cm³/mol. The summed E-state index contributed by atoms with van der Waals surface area (Å²) in [5.41, 5.74) is 1.92. The van der Waals surface area contributed by atoms with Crippen molar-refractivity contribution in [1.29, 1.82) is 0 Å². The Balaban J connectivity index is 1.78. The monoisotopic (exact) mass is 299 g/mol. The number of benzene rings is 1. The molecule has 1 aliphatic rings. The first-order valence-corrected chi connectivity index (χ1v) is 7.71. The van der Waals surface area contributed by atoms with E-state index in [1.54, 1.807) is 29.1 Å². The molecule has 5 nitrogen and oxygen atoms in total. The zero-order chi connectivity index (χ0) is 15.5. The molecule has 1 saturated heterocycles. The number of nitrogens with zero attached hydrogens (tertiary/aromatic N) is 3. The number of piperidine rings is 1. The number of carbonyl (C=O) groups is 1. The van der Waals surface area contributed by atoms with Crippen LogP contribution in [-0.2, 0) is 6.54 Å². The summed E-state index contributed by atoms with van der Waals surface area (Å²) >= 11 is 0. The van der Waals surface area contributed by atoms with E-state index in [-0.39, 0.29) is 5.56 Å². The van der Waals surface area contributed by atoms with Gasteiger partial charge in [-0.25, -0.2) is 9.78 Å². The van der Waals surface area contributed by atoms with Gasteiger partial charge in [-0.3, -0.25) is 4.90 Å². The smallest absolute Gasteiger partial charge is 0.337 e. The molecule has 1 fully saturated rings. The highest BCUT2D eigenvalue weighted by Crippen LogP contribution is 2.19. The zero-order valence-corrected chi connectivity index (χ0v) is 12.8. The molecule has 1 aromatic heterocycles. The van der Waals surface area contributed by atoms with Crippen LogP contribution in [0.1, 0.15) is 35.8 Å². The topological polar surface area (TPSA) is 58.4 Å². The lowest BCUT2D eigenvalue weighted by Crippen LogP contribution is -2.33. The number of carboxylic acids is 1. The summed E-state index contributed by atoms with van der Waals surface area (Å²) in [5.74, 6) is -0.181. The molecule has 5 heteroatoms. The summed E-state index contributed by atoms with van der Waals surface area (Å²) in [7, 11) is 0. The first-order chi connectivity index (χ1) is 10.6. The minimum absolute atomic E-state index is 0.290. The standard InChI is InChI=1S/C17H21N3O2/c1-13-5-4-8-19(9-13)10-14-11-20(12-18-14)16-7-3-2-6-15(16)17(21)22/h2-3,6-7,11-13H,4-5,8-10H2,1H3,(H,21,22). The van der Waals surface area contributed by atoms with Gasteiger partial charge in [-0.15, -0.1) is 0 Å². The fourth-order valence-corrected chi connectivity index (χ4v) is 3.12. The normalized spacial score (nSPS) is 19.2. The van der Waals surface area contributed by atoms with Gasteiger partial charge in [0.2, 0.25) is 0 Å². The van der Waals surface area contributed by atoms with Crippen molar-refractivity contribution in [3.05, 3.63) is 48.0 Å². The highest BCUT2D eigenvalue weighted by atomic mass is 16.4. The van der Waals surface area contributed by atoms with Crippen molar-refractivity contribution >= 4 is 5.97 Å². The van der Waals surface area contributed by atoms with Gasteiger partial charge >= 0.3 is 5.97 Å². The Morgan fingerprint density at radius 2 is 2.23 bits per heavy atom. The maximum atomic E-state index is 11.3. The van der Waals surface area contributed by atoms with Gasteiger partial charge in [0.05, 0.1) is 23.3 Å². The van der Waals surface area contributed by atoms with Crippen molar-refractivity contribution in [2.45, 2.75) is 26.3 Å². The van der Waals surface area contributed by atoms with Crippen LogP contribution in [0.5, 0.6) is 0 Å². The Morgan fingerprint density at radius 1 is 1.41 bits per heavy atom. The lowest BCUT2D eigenvalue weighted by atomic mass is 10.0. The molecule has 2 heterocycles. The van der Waals surface area contributed by atoms with Crippen molar-refractivity contribution in [2.75, 3.05) is 13.1 Å². The third-order valence-electron chi connectivity index (χ3n) is 4.18. The van der Waals surface area contributed by atoms with E-state index >= 15 is 0 Å². The van der Waals surface area contributed by atoms with Crippen LogP contribution in [0.15, 0.2) is 36.8 Å². The SMILES string of the molecule is CC1CCCN(Cc2cn(-c3ccccc3C(=O)O)cn2)C1. The van der Waals surface area contributed by atoms with Gasteiger partial charge in [-0.2, -0.15) is 0 Å². The zero-order valence-electron chi connectivity index (χ0n) is 12.8. The molecule has 2 aromatic rings.